The van der Waals surface area contributed by atoms with Gasteiger partial charge in [-0.2, -0.15) is 4.31 Å². The predicted octanol–water partition coefficient (Wildman–Crippen LogP) is 4.65. The van der Waals surface area contributed by atoms with E-state index in [2.05, 4.69) is 10.3 Å². The molecule has 1 aromatic carbocycles. The van der Waals surface area contributed by atoms with Gasteiger partial charge in [0.2, 0.25) is 10.0 Å². The second kappa shape index (κ2) is 8.73. The van der Waals surface area contributed by atoms with Crippen LogP contribution in [-0.2, 0) is 14.8 Å². The molecule has 1 aliphatic heterocycles. The van der Waals surface area contributed by atoms with Crippen LogP contribution in [0.2, 0.25) is 0 Å². The number of benzene rings is 1. The lowest BCUT2D eigenvalue weighted by Crippen LogP contribution is -2.38. The van der Waals surface area contributed by atoms with Crippen molar-refractivity contribution in [2.24, 2.45) is 0 Å². The maximum Gasteiger partial charge on any atom is 0.413 e. The van der Waals surface area contributed by atoms with Crippen LogP contribution < -0.4 is 5.32 Å². The van der Waals surface area contributed by atoms with Crippen LogP contribution in [0.5, 0.6) is 0 Å². The molecule has 2 aromatic rings. The van der Waals surface area contributed by atoms with Crippen LogP contribution in [0, 0.1) is 6.92 Å². The molecule has 162 valence electrons. The van der Waals surface area contributed by atoms with Crippen LogP contribution in [0.25, 0.3) is 0 Å². The third-order valence-corrected chi connectivity index (χ3v) is 6.80. The molecule has 7 nitrogen and oxygen atoms in total. The maximum atomic E-state index is 13.3. The number of carbonyl (C=O) groups is 1. The molecule has 2 heterocycles. The van der Waals surface area contributed by atoms with Crippen molar-refractivity contribution < 1.29 is 17.9 Å². The molecule has 1 aliphatic rings. The predicted molar refractivity (Wildman–Crippen MR) is 116 cm³/mol. The number of nitrogens with zero attached hydrogens (tertiary/aromatic N) is 2. The first-order valence-electron chi connectivity index (χ1n) is 10.1. The zero-order valence-corrected chi connectivity index (χ0v) is 18.7. The topological polar surface area (TPSA) is 88.6 Å². The van der Waals surface area contributed by atoms with Crippen molar-refractivity contribution in [1.82, 2.24) is 9.29 Å². The van der Waals surface area contributed by atoms with E-state index in [1.807, 2.05) is 25.1 Å². The van der Waals surface area contributed by atoms with E-state index in [1.54, 1.807) is 49.5 Å². The third kappa shape index (κ3) is 5.37. The highest BCUT2D eigenvalue weighted by molar-refractivity contribution is 7.89. The molecule has 0 spiro atoms. The third-order valence-electron chi connectivity index (χ3n) is 4.88. The van der Waals surface area contributed by atoms with E-state index in [1.165, 1.54) is 0 Å². The van der Waals surface area contributed by atoms with Gasteiger partial charge in [-0.25, -0.2) is 18.2 Å². The summed E-state index contributed by atoms with van der Waals surface area (Å²) in [5, 5.41) is 2.60. The number of carbonyl (C=O) groups excluding carboxylic acids is 1. The summed E-state index contributed by atoms with van der Waals surface area (Å²) in [7, 11) is -3.61. The largest absolute Gasteiger partial charge is 0.444 e. The van der Waals surface area contributed by atoms with E-state index in [0.717, 1.165) is 30.4 Å². The Morgan fingerprint density at radius 3 is 2.43 bits per heavy atom. The number of hydrogen-bond acceptors (Lipinski definition) is 5. The normalized spacial score (nSPS) is 18.1. The molecular weight excluding hydrogens is 402 g/mol. The van der Waals surface area contributed by atoms with Crippen LogP contribution in [0.4, 0.5) is 10.6 Å². The lowest BCUT2D eigenvalue weighted by atomic mass is 9.99. The second-order valence-electron chi connectivity index (χ2n) is 8.54. The average molecular weight is 432 g/mol. The number of nitrogens with one attached hydrogen (secondary N) is 1. The molecule has 1 N–H and O–H groups in total. The summed E-state index contributed by atoms with van der Waals surface area (Å²) >= 11 is 0. The Hall–Kier alpha value is -2.45. The fourth-order valence-corrected chi connectivity index (χ4v) is 5.14. The minimum absolute atomic E-state index is 0.284. The number of pyridine rings is 1. The monoisotopic (exact) mass is 431 g/mol. The fraction of sp³-hybridized carbons (Fsp3) is 0.455. The molecule has 8 heteroatoms. The Kier molecular flexibility index (Phi) is 6.47. The van der Waals surface area contributed by atoms with Crippen molar-refractivity contribution in [3.05, 3.63) is 53.7 Å². The molecule has 0 saturated carbocycles. The van der Waals surface area contributed by atoms with Crippen LogP contribution >= 0.6 is 0 Å². The van der Waals surface area contributed by atoms with Crippen LogP contribution in [0.1, 0.15) is 57.2 Å². The molecule has 0 aliphatic carbocycles. The van der Waals surface area contributed by atoms with Gasteiger partial charge < -0.3 is 4.74 Å². The Labute approximate surface area is 178 Å². The van der Waals surface area contributed by atoms with Crippen LogP contribution in [-0.4, -0.2) is 35.9 Å². The highest BCUT2D eigenvalue weighted by Crippen LogP contribution is 2.35. The second-order valence-corrected chi connectivity index (χ2v) is 10.4. The summed E-state index contributed by atoms with van der Waals surface area (Å²) < 4.78 is 33.3. The first-order chi connectivity index (χ1) is 14.1. The Morgan fingerprint density at radius 1 is 1.13 bits per heavy atom. The Balaban J connectivity index is 1.79. The van der Waals surface area contributed by atoms with Crippen LogP contribution in [0.15, 0.2) is 47.5 Å². The number of amides is 1. The lowest BCUT2D eigenvalue weighted by Gasteiger charge is -2.35. The summed E-state index contributed by atoms with van der Waals surface area (Å²) in [4.78, 5) is 16.5. The van der Waals surface area contributed by atoms with Crippen molar-refractivity contribution in [3.8, 4) is 0 Å². The number of aryl methyl sites for hydroxylation is 1. The molecule has 1 amide bonds. The van der Waals surface area contributed by atoms with Gasteiger partial charge in [0.05, 0.1) is 10.9 Å². The summed E-state index contributed by atoms with van der Waals surface area (Å²) in [6.45, 7) is 7.76. The van der Waals surface area contributed by atoms with Gasteiger partial charge in [0.1, 0.15) is 11.4 Å². The highest BCUT2D eigenvalue weighted by Gasteiger charge is 2.34. The van der Waals surface area contributed by atoms with Gasteiger partial charge in [-0.05, 0) is 64.3 Å². The smallest absolute Gasteiger partial charge is 0.413 e. The van der Waals surface area contributed by atoms with Gasteiger partial charge in [-0.3, -0.25) is 5.32 Å². The van der Waals surface area contributed by atoms with Gasteiger partial charge in [-0.1, -0.05) is 30.2 Å². The number of sulfonamides is 1. The molecule has 0 bridgehead atoms. The molecule has 30 heavy (non-hydrogen) atoms. The molecule has 1 saturated heterocycles. The first kappa shape index (κ1) is 22.2. The minimum Gasteiger partial charge on any atom is -0.444 e. The summed E-state index contributed by atoms with van der Waals surface area (Å²) in [6.07, 6.45) is 3.55. The summed E-state index contributed by atoms with van der Waals surface area (Å²) in [5.74, 6) is 0.358. The van der Waals surface area contributed by atoms with Gasteiger partial charge in [0.15, 0.2) is 0 Å². The first-order valence-corrected chi connectivity index (χ1v) is 11.5. The molecule has 1 atom stereocenters. The Morgan fingerprint density at radius 2 is 1.83 bits per heavy atom. The van der Waals surface area contributed by atoms with Crippen LogP contribution in [0.3, 0.4) is 0 Å². The maximum absolute atomic E-state index is 13.3. The number of piperidine rings is 1. The molecular formula is C22H29N3O4S. The van der Waals surface area contributed by atoms with E-state index in [9.17, 15) is 13.2 Å². The fourth-order valence-electron chi connectivity index (χ4n) is 3.46. The molecule has 3 rings (SSSR count). The minimum atomic E-state index is -3.61. The number of anilines is 1. The molecule has 1 aromatic heterocycles. The van der Waals surface area contributed by atoms with E-state index in [-0.39, 0.29) is 6.04 Å². The van der Waals surface area contributed by atoms with E-state index < -0.39 is 21.7 Å². The Bertz CT molecular complexity index is 981. The van der Waals surface area contributed by atoms with Gasteiger partial charge in [-0.15, -0.1) is 0 Å². The van der Waals surface area contributed by atoms with Gasteiger partial charge in [0, 0.05) is 12.7 Å². The van der Waals surface area contributed by atoms with Crippen molar-refractivity contribution in [3.63, 3.8) is 0 Å². The van der Waals surface area contributed by atoms with E-state index in [0.29, 0.717) is 17.3 Å². The number of ether oxygens (including phenoxy) is 1. The number of hydrogen-bond donors (Lipinski definition) is 1. The van der Waals surface area contributed by atoms with E-state index >= 15 is 0 Å². The zero-order chi connectivity index (χ0) is 21.9. The molecule has 0 unspecified atom stereocenters. The lowest BCUT2D eigenvalue weighted by molar-refractivity contribution is 0.0635. The standard InChI is InChI=1S/C22H29N3O4S/c1-16-8-11-18(12-9-16)30(27,28)25-14-6-5-7-19(25)17-10-13-20(23-15-17)24-21(26)29-22(2,3)4/h8-13,15,19H,5-7,14H2,1-4H3,(H,23,24,26)/t19-/m1/s1. The van der Waals surface area contributed by atoms with Crippen molar-refractivity contribution in [1.29, 1.82) is 0 Å². The van der Waals surface area contributed by atoms with Crippen molar-refractivity contribution in [2.45, 2.75) is 63.5 Å². The summed E-state index contributed by atoms with van der Waals surface area (Å²) in [6, 6.07) is 10.1. The average Bonchev–Trinajstić information content (AvgIpc) is 2.67. The number of aromatic nitrogens is 1. The SMILES string of the molecule is Cc1ccc(S(=O)(=O)N2CCCC[C@@H]2c2ccc(NC(=O)OC(C)(C)C)nc2)cc1. The summed E-state index contributed by atoms with van der Waals surface area (Å²) in [5.41, 5.74) is 1.22. The molecule has 0 radical (unpaired) electrons. The highest BCUT2D eigenvalue weighted by atomic mass is 32.2. The van der Waals surface area contributed by atoms with Crippen molar-refractivity contribution >= 4 is 21.9 Å². The van der Waals surface area contributed by atoms with Gasteiger partial charge in [0.25, 0.3) is 0 Å². The molecule has 1 fully saturated rings. The quantitative estimate of drug-likeness (QED) is 0.761. The zero-order valence-electron chi connectivity index (χ0n) is 17.9. The van der Waals surface area contributed by atoms with Gasteiger partial charge >= 0.3 is 6.09 Å². The number of rotatable bonds is 4. The van der Waals surface area contributed by atoms with Crippen molar-refractivity contribution in [2.75, 3.05) is 11.9 Å². The van der Waals surface area contributed by atoms with E-state index in [4.69, 9.17) is 4.74 Å².